The minimum Gasteiger partial charge on any atom is -0.356 e. The zero-order valence-electron chi connectivity index (χ0n) is 8.41. The van der Waals surface area contributed by atoms with Crippen molar-refractivity contribution in [3.05, 3.63) is 21.9 Å². The largest absolute Gasteiger partial charge is 0.356 e. The molecular weight excluding hydrogens is 287 g/mol. The van der Waals surface area contributed by atoms with Crippen LogP contribution in [0.15, 0.2) is 18.3 Å². The molecule has 1 aliphatic heterocycles. The van der Waals surface area contributed by atoms with E-state index in [4.69, 9.17) is 0 Å². The molecule has 0 N–H and O–H groups in total. The van der Waals surface area contributed by atoms with E-state index in [0.29, 0.717) is 0 Å². The second-order valence-corrected chi connectivity index (χ2v) is 5.14. The summed E-state index contributed by atoms with van der Waals surface area (Å²) in [6.45, 7) is 4.65. The minimum atomic E-state index is 0.904. The number of aromatic nitrogens is 1. The molecule has 0 atom stereocenters. The van der Waals surface area contributed by atoms with Crippen molar-refractivity contribution in [1.82, 2.24) is 4.98 Å². The maximum absolute atomic E-state index is 4.41. The van der Waals surface area contributed by atoms with Gasteiger partial charge in [0.05, 0.1) is 0 Å². The number of nitrogens with zero attached hydrogens (tertiary/aromatic N) is 2. The van der Waals surface area contributed by atoms with Gasteiger partial charge < -0.3 is 4.90 Å². The molecule has 0 amide bonds. The van der Waals surface area contributed by atoms with Crippen molar-refractivity contribution in [3.63, 3.8) is 0 Å². The van der Waals surface area contributed by atoms with Crippen LogP contribution in [0.4, 0.5) is 5.82 Å². The Bertz CT molecular complexity index is 291. The molecule has 1 aliphatic rings. The van der Waals surface area contributed by atoms with Crippen LogP contribution in [0.3, 0.4) is 0 Å². The van der Waals surface area contributed by atoms with Gasteiger partial charge in [-0.25, -0.2) is 4.98 Å². The molecule has 0 aromatic carbocycles. The average Bonchev–Trinajstić information content (AvgIpc) is 2.13. The smallest absolute Gasteiger partial charge is 0.128 e. The Morgan fingerprint density at radius 3 is 2.86 bits per heavy atom. The summed E-state index contributed by atoms with van der Waals surface area (Å²) in [6.07, 6.45) is 4.60. The van der Waals surface area contributed by atoms with Crippen LogP contribution >= 0.6 is 22.6 Å². The molecule has 1 aromatic heterocycles. The summed E-state index contributed by atoms with van der Waals surface area (Å²) >= 11 is 2.29. The van der Waals surface area contributed by atoms with Gasteiger partial charge >= 0.3 is 0 Å². The highest BCUT2D eigenvalue weighted by molar-refractivity contribution is 14.1. The molecule has 3 heteroatoms. The summed E-state index contributed by atoms with van der Waals surface area (Å²) < 4.78 is 1.21. The molecule has 1 fully saturated rings. The molecule has 0 aliphatic carbocycles. The van der Waals surface area contributed by atoms with Gasteiger partial charge in [-0.15, -0.1) is 0 Å². The molecule has 1 saturated heterocycles. The van der Waals surface area contributed by atoms with E-state index in [2.05, 4.69) is 51.5 Å². The lowest BCUT2D eigenvalue weighted by Gasteiger charge is -2.40. The van der Waals surface area contributed by atoms with Crippen molar-refractivity contribution in [2.45, 2.75) is 19.8 Å². The third kappa shape index (κ3) is 2.19. The number of anilines is 1. The summed E-state index contributed by atoms with van der Waals surface area (Å²) in [4.78, 5) is 6.77. The Kier molecular flexibility index (Phi) is 3.26. The summed E-state index contributed by atoms with van der Waals surface area (Å²) in [5.41, 5.74) is 0. The fourth-order valence-corrected chi connectivity index (χ4v) is 2.22. The third-order valence-electron chi connectivity index (χ3n) is 2.69. The number of rotatable bonds is 3. The van der Waals surface area contributed by atoms with Crippen LogP contribution in [0.25, 0.3) is 0 Å². The molecular formula is C11H15IN2. The first-order valence-electron chi connectivity index (χ1n) is 5.16. The van der Waals surface area contributed by atoms with Gasteiger partial charge in [0, 0.05) is 22.9 Å². The topological polar surface area (TPSA) is 16.1 Å². The number of halogens is 1. The van der Waals surface area contributed by atoms with Crippen LogP contribution < -0.4 is 4.90 Å². The molecule has 1 aromatic rings. The van der Waals surface area contributed by atoms with Crippen LogP contribution in [-0.2, 0) is 0 Å². The molecule has 14 heavy (non-hydrogen) atoms. The molecule has 0 saturated carbocycles. The first-order valence-corrected chi connectivity index (χ1v) is 6.24. The summed E-state index contributed by atoms with van der Waals surface area (Å²) in [6, 6.07) is 4.24. The normalized spacial score (nSPS) is 16.9. The van der Waals surface area contributed by atoms with E-state index in [9.17, 15) is 0 Å². The summed E-state index contributed by atoms with van der Waals surface area (Å²) in [5.74, 6) is 2.04. The summed E-state index contributed by atoms with van der Waals surface area (Å²) in [5, 5.41) is 0. The van der Waals surface area contributed by atoms with E-state index >= 15 is 0 Å². The number of pyridine rings is 1. The molecule has 2 heterocycles. The second-order valence-electron chi connectivity index (χ2n) is 3.89. The van der Waals surface area contributed by atoms with Gasteiger partial charge in [-0.05, 0) is 47.1 Å². The Labute approximate surface area is 98.9 Å². The Morgan fingerprint density at radius 1 is 1.50 bits per heavy atom. The van der Waals surface area contributed by atoms with Crippen molar-refractivity contribution in [2.75, 3.05) is 18.0 Å². The molecule has 2 nitrogen and oxygen atoms in total. The number of hydrogen-bond donors (Lipinski definition) is 0. The molecule has 0 radical (unpaired) electrons. The van der Waals surface area contributed by atoms with E-state index in [0.717, 1.165) is 11.7 Å². The SMILES string of the molecule is CCCC1CN(c2ccc(I)cn2)C1. The van der Waals surface area contributed by atoms with Crippen LogP contribution in [0.2, 0.25) is 0 Å². The molecule has 2 rings (SSSR count). The summed E-state index contributed by atoms with van der Waals surface area (Å²) in [7, 11) is 0. The molecule has 0 spiro atoms. The molecule has 0 bridgehead atoms. The highest BCUT2D eigenvalue weighted by Gasteiger charge is 2.26. The van der Waals surface area contributed by atoms with Crippen molar-refractivity contribution in [2.24, 2.45) is 5.92 Å². The van der Waals surface area contributed by atoms with E-state index in [1.165, 1.54) is 29.5 Å². The lowest BCUT2D eigenvalue weighted by Crippen LogP contribution is -2.47. The van der Waals surface area contributed by atoms with Crippen LogP contribution in [0, 0.1) is 9.49 Å². The van der Waals surface area contributed by atoms with E-state index in [1.807, 2.05) is 6.20 Å². The quantitative estimate of drug-likeness (QED) is 0.798. The van der Waals surface area contributed by atoms with Crippen LogP contribution in [0.5, 0.6) is 0 Å². The Morgan fingerprint density at radius 2 is 2.29 bits per heavy atom. The maximum Gasteiger partial charge on any atom is 0.128 e. The molecule has 0 unspecified atom stereocenters. The van der Waals surface area contributed by atoms with Gasteiger partial charge in [0.25, 0.3) is 0 Å². The Balaban J connectivity index is 1.90. The van der Waals surface area contributed by atoms with Gasteiger partial charge in [-0.3, -0.25) is 0 Å². The molecule has 76 valence electrons. The third-order valence-corrected chi connectivity index (χ3v) is 3.33. The zero-order valence-corrected chi connectivity index (χ0v) is 10.6. The average molecular weight is 302 g/mol. The van der Waals surface area contributed by atoms with Crippen LogP contribution in [0.1, 0.15) is 19.8 Å². The standard InChI is InChI=1S/C11H15IN2/c1-2-3-9-7-14(8-9)11-5-4-10(12)6-13-11/h4-6,9H,2-3,7-8H2,1H3. The van der Waals surface area contributed by atoms with E-state index in [-0.39, 0.29) is 0 Å². The zero-order chi connectivity index (χ0) is 9.97. The fraction of sp³-hybridized carbons (Fsp3) is 0.545. The van der Waals surface area contributed by atoms with Gasteiger partial charge in [0.1, 0.15) is 5.82 Å². The maximum atomic E-state index is 4.41. The fourth-order valence-electron chi connectivity index (χ4n) is 1.90. The highest BCUT2D eigenvalue weighted by atomic mass is 127. The van der Waals surface area contributed by atoms with Crippen molar-refractivity contribution in [3.8, 4) is 0 Å². The first kappa shape index (κ1) is 10.2. The van der Waals surface area contributed by atoms with E-state index in [1.54, 1.807) is 0 Å². The second kappa shape index (κ2) is 4.47. The lowest BCUT2D eigenvalue weighted by molar-refractivity contribution is 0.378. The highest BCUT2D eigenvalue weighted by Crippen LogP contribution is 2.25. The van der Waals surface area contributed by atoms with Gasteiger partial charge in [-0.1, -0.05) is 13.3 Å². The number of hydrogen-bond acceptors (Lipinski definition) is 2. The van der Waals surface area contributed by atoms with Gasteiger partial charge in [-0.2, -0.15) is 0 Å². The Hall–Kier alpha value is -0.320. The van der Waals surface area contributed by atoms with Crippen molar-refractivity contribution < 1.29 is 0 Å². The monoisotopic (exact) mass is 302 g/mol. The predicted molar refractivity (Wildman–Crippen MR) is 67.6 cm³/mol. The van der Waals surface area contributed by atoms with Gasteiger partial charge in [0.15, 0.2) is 0 Å². The van der Waals surface area contributed by atoms with E-state index < -0.39 is 0 Å². The minimum absolute atomic E-state index is 0.904. The van der Waals surface area contributed by atoms with Crippen molar-refractivity contribution in [1.29, 1.82) is 0 Å². The first-order chi connectivity index (χ1) is 6.79. The van der Waals surface area contributed by atoms with Gasteiger partial charge in [0.2, 0.25) is 0 Å². The van der Waals surface area contributed by atoms with Crippen molar-refractivity contribution >= 4 is 28.4 Å². The van der Waals surface area contributed by atoms with Crippen LogP contribution in [-0.4, -0.2) is 18.1 Å². The predicted octanol–water partition coefficient (Wildman–Crippen LogP) is 2.92. The lowest BCUT2D eigenvalue weighted by atomic mass is 9.95.